The molecule has 0 saturated heterocycles. The van der Waals surface area contributed by atoms with Gasteiger partial charge in [0.15, 0.2) is 12.8 Å². The van der Waals surface area contributed by atoms with E-state index in [1.54, 1.807) is 45.0 Å². The van der Waals surface area contributed by atoms with Crippen molar-refractivity contribution < 1.29 is 28.5 Å². The molecule has 0 aliphatic heterocycles. The standard InChI is InChI=1S/C16H23NO6/c1-16(2,3)23-15(19)17-13(14(18)21-5)11-6-8-12(9-7-11)22-10-20-4/h6-9,13H,10H2,1-5H3,(H,17,19). The molecule has 0 bridgehead atoms. The van der Waals surface area contributed by atoms with E-state index in [1.807, 2.05) is 0 Å². The number of benzene rings is 1. The van der Waals surface area contributed by atoms with Gasteiger partial charge in [-0.05, 0) is 38.5 Å². The fourth-order valence-corrected chi connectivity index (χ4v) is 1.71. The number of ether oxygens (including phenoxy) is 4. The van der Waals surface area contributed by atoms with E-state index in [4.69, 9.17) is 18.9 Å². The van der Waals surface area contributed by atoms with Crippen LogP contribution in [0.5, 0.6) is 5.75 Å². The fourth-order valence-electron chi connectivity index (χ4n) is 1.71. The van der Waals surface area contributed by atoms with E-state index < -0.39 is 23.7 Å². The number of esters is 1. The molecule has 23 heavy (non-hydrogen) atoms. The minimum absolute atomic E-state index is 0.121. The van der Waals surface area contributed by atoms with E-state index in [9.17, 15) is 9.59 Å². The SMILES string of the molecule is COCOc1ccc(C(NC(=O)OC(C)(C)C)C(=O)OC)cc1. The van der Waals surface area contributed by atoms with Crippen molar-refractivity contribution in [2.24, 2.45) is 0 Å². The Kier molecular flexibility index (Phi) is 6.84. The largest absolute Gasteiger partial charge is 0.468 e. The van der Waals surface area contributed by atoms with Crippen LogP contribution in [-0.4, -0.2) is 38.7 Å². The highest BCUT2D eigenvalue weighted by Crippen LogP contribution is 2.20. The van der Waals surface area contributed by atoms with E-state index in [2.05, 4.69) is 5.32 Å². The molecule has 1 aromatic rings. The van der Waals surface area contributed by atoms with Crippen LogP contribution in [0, 0.1) is 0 Å². The molecular weight excluding hydrogens is 302 g/mol. The molecule has 1 rings (SSSR count). The van der Waals surface area contributed by atoms with Gasteiger partial charge in [-0.25, -0.2) is 9.59 Å². The Morgan fingerprint density at radius 1 is 1.13 bits per heavy atom. The first-order valence-corrected chi connectivity index (χ1v) is 7.06. The third kappa shape index (κ3) is 6.56. The summed E-state index contributed by atoms with van der Waals surface area (Å²) in [5.74, 6) is -0.0158. The first kappa shape index (κ1) is 18.8. The monoisotopic (exact) mass is 325 g/mol. The first-order chi connectivity index (χ1) is 10.8. The third-order valence-corrected chi connectivity index (χ3v) is 2.65. The fraction of sp³-hybridized carbons (Fsp3) is 0.500. The Balaban J connectivity index is 2.85. The Hall–Kier alpha value is -2.28. The molecule has 1 atom stereocenters. The van der Waals surface area contributed by atoms with Crippen LogP contribution >= 0.6 is 0 Å². The lowest BCUT2D eigenvalue weighted by atomic mass is 10.1. The summed E-state index contributed by atoms with van der Waals surface area (Å²) in [7, 11) is 2.77. The Labute approximate surface area is 135 Å². The zero-order chi connectivity index (χ0) is 17.5. The van der Waals surface area contributed by atoms with Crippen molar-refractivity contribution in [2.75, 3.05) is 21.0 Å². The zero-order valence-electron chi connectivity index (χ0n) is 14.0. The molecule has 0 spiro atoms. The van der Waals surface area contributed by atoms with Gasteiger partial charge in [0.2, 0.25) is 0 Å². The predicted molar refractivity (Wildman–Crippen MR) is 83.1 cm³/mol. The molecular formula is C16H23NO6. The van der Waals surface area contributed by atoms with Crippen molar-refractivity contribution in [2.45, 2.75) is 32.4 Å². The Morgan fingerprint density at radius 3 is 2.22 bits per heavy atom. The summed E-state index contributed by atoms with van der Waals surface area (Å²) in [5.41, 5.74) is -0.115. The number of hydrogen-bond acceptors (Lipinski definition) is 6. The van der Waals surface area contributed by atoms with Gasteiger partial charge in [-0.3, -0.25) is 0 Å². The van der Waals surface area contributed by atoms with E-state index in [0.29, 0.717) is 11.3 Å². The molecule has 1 unspecified atom stereocenters. The number of carbonyl (C=O) groups excluding carboxylic acids is 2. The van der Waals surface area contributed by atoms with Gasteiger partial charge in [0, 0.05) is 7.11 Å². The van der Waals surface area contributed by atoms with Gasteiger partial charge in [-0.1, -0.05) is 12.1 Å². The Bertz CT molecular complexity index is 520. The van der Waals surface area contributed by atoms with Gasteiger partial charge in [0.05, 0.1) is 7.11 Å². The van der Waals surface area contributed by atoms with Crippen LogP contribution in [0.4, 0.5) is 4.79 Å². The van der Waals surface area contributed by atoms with Crippen molar-refractivity contribution in [3.05, 3.63) is 29.8 Å². The molecule has 7 heteroatoms. The number of rotatable bonds is 6. The number of methoxy groups -OCH3 is 2. The van der Waals surface area contributed by atoms with Crippen LogP contribution in [0.15, 0.2) is 24.3 Å². The highest BCUT2D eigenvalue weighted by atomic mass is 16.7. The maximum atomic E-state index is 11.9. The van der Waals surface area contributed by atoms with Crippen LogP contribution in [0.3, 0.4) is 0 Å². The lowest BCUT2D eigenvalue weighted by Crippen LogP contribution is -2.38. The second-order valence-corrected chi connectivity index (χ2v) is 5.72. The second kappa shape index (κ2) is 8.38. The Morgan fingerprint density at radius 2 is 1.74 bits per heavy atom. The first-order valence-electron chi connectivity index (χ1n) is 7.06. The molecule has 1 N–H and O–H groups in total. The van der Waals surface area contributed by atoms with Crippen LogP contribution < -0.4 is 10.1 Å². The van der Waals surface area contributed by atoms with Crippen LogP contribution in [-0.2, 0) is 19.0 Å². The maximum Gasteiger partial charge on any atom is 0.408 e. The quantitative estimate of drug-likeness (QED) is 0.639. The summed E-state index contributed by atoms with van der Waals surface area (Å²) in [6, 6.07) is 5.68. The average molecular weight is 325 g/mol. The molecule has 0 saturated carbocycles. The van der Waals surface area contributed by atoms with Gasteiger partial charge in [-0.15, -0.1) is 0 Å². The van der Waals surface area contributed by atoms with Gasteiger partial charge < -0.3 is 24.3 Å². The van der Waals surface area contributed by atoms with Gasteiger partial charge in [0.1, 0.15) is 11.4 Å². The zero-order valence-corrected chi connectivity index (χ0v) is 14.0. The summed E-state index contributed by atoms with van der Waals surface area (Å²) in [6.07, 6.45) is -0.701. The average Bonchev–Trinajstić information content (AvgIpc) is 2.48. The lowest BCUT2D eigenvalue weighted by Gasteiger charge is -2.22. The molecule has 128 valence electrons. The summed E-state index contributed by atoms with van der Waals surface area (Å²) in [5, 5.41) is 2.50. The van der Waals surface area contributed by atoms with E-state index in [-0.39, 0.29) is 6.79 Å². The number of hydrogen-bond donors (Lipinski definition) is 1. The number of carbonyl (C=O) groups is 2. The highest BCUT2D eigenvalue weighted by molar-refractivity contribution is 5.82. The second-order valence-electron chi connectivity index (χ2n) is 5.72. The number of amides is 1. The molecule has 7 nitrogen and oxygen atoms in total. The third-order valence-electron chi connectivity index (χ3n) is 2.65. The normalized spacial score (nSPS) is 12.2. The van der Waals surface area contributed by atoms with Gasteiger partial charge in [-0.2, -0.15) is 0 Å². The highest BCUT2D eigenvalue weighted by Gasteiger charge is 2.26. The van der Waals surface area contributed by atoms with E-state index in [1.165, 1.54) is 14.2 Å². The van der Waals surface area contributed by atoms with Crippen LogP contribution in [0.2, 0.25) is 0 Å². The summed E-state index contributed by atoms with van der Waals surface area (Å²) in [4.78, 5) is 23.8. The minimum Gasteiger partial charge on any atom is -0.468 e. The summed E-state index contributed by atoms with van der Waals surface area (Å²) >= 11 is 0. The predicted octanol–water partition coefficient (Wildman–Crippen LogP) is 2.41. The topological polar surface area (TPSA) is 83.1 Å². The van der Waals surface area contributed by atoms with Crippen molar-refractivity contribution in [1.82, 2.24) is 5.32 Å². The van der Waals surface area contributed by atoms with Crippen molar-refractivity contribution in [3.63, 3.8) is 0 Å². The molecule has 0 aliphatic carbocycles. The van der Waals surface area contributed by atoms with Gasteiger partial charge >= 0.3 is 12.1 Å². The molecule has 1 amide bonds. The molecule has 0 radical (unpaired) electrons. The summed E-state index contributed by atoms with van der Waals surface area (Å²) in [6.45, 7) is 5.33. The summed E-state index contributed by atoms with van der Waals surface area (Å²) < 4.78 is 20.0. The van der Waals surface area contributed by atoms with Crippen LogP contribution in [0.1, 0.15) is 32.4 Å². The molecule has 0 fully saturated rings. The van der Waals surface area contributed by atoms with Gasteiger partial charge in [0.25, 0.3) is 0 Å². The van der Waals surface area contributed by atoms with Crippen molar-refractivity contribution in [3.8, 4) is 5.75 Å². The van der Waals surface area contributed by atoms with Crippen molar-refractivity contribution >= 4 is 12.1 Å². The molecule has 0 heterocycles. The molecule has 0 aliphatic rings. The number of alkyl carbamates (subject to hydrolysis) is 1. The molecule has 1 aromatic carbocycles. The minimum atomic E-state index is -0.966. The van der Waals surface area contributed by atoms with E-state index in [0.717, 1.165) is 0 Å². The van der Waals surface area contributed by atoms with Crippen molar-refractivity contribution in [1.29, 1.82) is 0 Å². The smallest absolute Gasteiger partial charge is 0.408 e. The lowest BCUT2D eigenvalue weighted by molar-refractivity contribution is -0.143. The number of nitrogens with one attached hydrogen (secondary N) is 1. The van der Waals surface area contributed by atoms with E-state index >= 15 is 0 Å². The molecule has 0 aromatic heterocycles. The maximum absolute atomic E-state index is 11.9. The van der Waals surface area contributed by atoms with Crippen LogP contribution in [0.25, 0.3) is 0 Å².